The molecule has 150 valence electrons. The van der Waals surface area contributed by atoms with Gasteiger partial charge in [-0.25, -0.2) is 0 Å². The lowest BCUT2D eigenvalue weighted by atomic mass is 10.1. The molecule has 0 unspecified atom stereocenters. The number of nitrogens with zero attached hydrogens (tertiary/aromatic N) is 2. The van der Waals surface area contributed by atoms with Gasteiger partial charge in [0.1, 0.15) is 5.69 Å². The van der Waals surface area contributed by atoms with E-state index in [4.69, 9.17) is 0 Å². The third-order valence-electron chi connectivity index (χ3n) is 4.38. The molecule has 1 aromatic heterocycles. The molecule has 3 N–H and O–H groups in total. The summed E-state index contributed by atoms with van der Waals surface area (Å²) in [6.07, 6.45) is 0. The van der Waals surface area contributed by atoms with Crippen LogP contribution >= 0.6 is 0 Å². The zero-order chi connectivity index (χ0) is 21.0. The molecule has 2 aromatic carbocycles. The van der Waals surface area contributed by atoms with Crippen LogP contribution < -0.4 is 21.8 Å². The van der Waals surface area contributed by atoms with Crippen molar-refractivity contribution in [3.05, 3.63) is 78.8 Å². The van der Waals surface area contributed by atoms with Crippen molar-refractivity contribution in [1.29, 1.82) is 0 Å². The zero-order valence-electron chi connectivity index (χ0n) is 15.6. The first-order chi connectivity index (χ1) is 13.9. The number of anilines is 1. The maximum Gasteiger partial charge on any atom is 0.316 e. The Labute approximate surface area is 164 Å². The van der Waals surface area contributed by atoms with E-state index in [2.05, 4.69) is 15.6 Å². The third-order valence-corrected chi connectivity index (χ3v) is 4.38. The van der Waals surface area contributed by atoms with Crippen LogP contribution in [0, 0.1) is 10.1 Å². The van der Waals surface area contributed by atoms with Crippen molar-refractivity contribution in [3.63, 3.8) is 0 Å². The molecule has 10 nitrogen and oxygen atoms in total. The molecule has 3 aromatic rings. The highest BCUT2D eigenvalue weighted by atomic mass is 16.6. The SMILES string of the molecule is CCn1c(=O)c(=O)[nH]c2cc(C(=O)NCCNc3ccccc3[N+](=O)[O-])ccc21. The van der Waals surface area contributed by atoms with Crippen LogP contribution in [-0.2, 0) is 6.54 Å². The second-order valence-corrected chi connectivity index (χ2v) is 6.19. The first kappa shape index (κ1) is 19.8. The number of para-hydroxylation sites is 2. The Morgan fingerprint density at radius 1 is 1.17 bits per heavy atom. The maximum absolute atomic E-state index is 12.4. The van der Waals surface area contributed by atoms with Crippen molar-refractivity contribution in [2.75, 3.05) is 18.4 Å². The maximum atomic E-state index is 12.4. The summed E-state index contributed by atoms with van der Waals surface area (Å²) >= 11 is 0. The number of fused-ring (bicyclic) bond motifs is 1. The van der Waals surface area contributed by atoms with Crippen molar-refractivity contribution < 1.29 is 9.72 Å². The molecule has 0 saturated heterocycles. The molecule has 0 atom stereocenters. The van der Waals surface area contributed by atoms with Crippen molar-refractivity contribution in [1.82, 2.24) is 14.9 Å². The molecule has 0 aliphatic carbocycles. The normalized spacial score (nSPS) is 10.7. The van der Waals surface area contributed by atoms with Crippen LogP contribution in [0.5, 0.6) is 0 Å². The summed E-state index contributed by atoms with van der Waals surface area (Å²) in [5, 5.41) is 16.6. The molecule has 0 fully saturated rings. The first-order valence-electron chi connectivity index (χ1n) is 8.94. The molecule has 0 saturated carbocycles. The summed E-state index contributed by atoms with van der Waals surface area (Å²) in [6, 6.07) is 10.9. The van der Waals surface area contributed by atoms with Crippen molar-refractivity contribution >= 4 is 28.3 Å². The number of aromatic nitrogens is 2. The summed E-state index contributed by atoms with van der Waals surface area (Å²) in [7, 11) is 0. The number of aromatic amines is 1. The number of benzene rings is 2. The van der Waals surface area contributed by atoms with Gasteiger partial charge in [-0.05, 0) is 31.2 Å². The van der Waals surface area contributed by atoms with E-state index in [1.54, 1.807) is 37.3 Å². The van der Waals surface area contributed by atoms with Crippen molar-refractivity contribution in [3.8, 4) is 0 Å². The number of hydrogen-bond acceptors (Lipinski definition) is 6. The fraction of sp³-hybridized carbons (Fsp3) is 0.211. The summed E-state index contributed by atoms with van der Waals surface area (Å²) in [5.41, 5.74) is 0.185. The van der Waals surface area contributed by atoms with Gasteiger partial charge in [0.2, 0.25) is 0 Å². The molecule has 1 heterocycles. The van der Waals surface area contributed by atoms with Crippen molar-refractivity contribution in [2.24, 2.45) is 0 Å². The molecular formula is C19H19N5O5. The average molecular weight is 397 g/mol. The summed E-state index contributed by atoms with van der Waals surface area (Å²) < 4.78 is 1.34. The molecule has 0 bridgehead atoms. The minimum Gasteiger partial charge on any atom is -0.378 e. The largest absolute Gasteiger partial charge is 0.378 e. The zero-order valence-corrected chi connectivity index (χ0v) is 15.6. The quantitative estimate of drug-likeness (QED) is 0.239. The highest BCUT2D eigenvalue weighted by Gasteiger charge is 2.13. The average Bonchev–Trinajstić information content (AvgIpc) is 2.72. The van der Waals surface area contributed by atoms with Crippen LogP contribution in [0.25, 0.3) is 11.0 Å². The molecule has 0 spiro atoms. The lowest BCUT2D eigenvalue weighted by Gasteiger charge is -2.10. The first-order valence-corrected chi connectivity index (χ1v) is 8.94. The van der Waals surface area contributed by atoms with E-state index in [0.717, 1.165) is 0 Å². The number of aryl methyl sites for hydroxylation is 1. The molecule has 1 amide bonds. The molecular weight excluding hydrogens is 378 g/mol. The lowest BCUT2D eigenvalue weighted by Crippen LogP contribution is -2.36. The monoisotopic (exact) mass is 397 g/mol. The Balaban J connectivity index is 1.68. The standard InChI is InChI=1S/C19H19N5O5/c1-2-23-15-8-7-12(11-14(15)22-18(26)19(23)27)17(25)21-10-9-20-13-5-3-4-6-16(13)24(28)29/h3-8,11,20H,2,9-10H2,1H3,(H,21,25)(H,22,26). The third kappa shape index (κ3) is 4.15. The second-order valence-electron chi connectivity index (χ2n) is 6.19. The number of amides is 1. The highest BCUT2D eigenvalue weighted by molar-refractivity contribution is 5.97. The number of H-pyrrole nitrogens is 1. The fourth-order valence-electron chi connectivity index (χ4n) is 2.99. The fourth-order valence-corrected chi connectivity index (χ4v) is 2.99. The number of carbonyl (C=O) groups excluding carboxylic acids is 1. The van der Waals surface area contributed by atoms with Gasteiger partial charge in [-0.15, -0.1) is 0 Å². The predicted molar refractivity (Wildman–Crippen MR) is 108 cm³/mol. The van der Waals surface area contributed by atoms with Crippen LogP contribution in [-0.4, -0.2) is 33.5 Å². The van der Waals surface area contributed by atoms with E-state index in [1.165, 1.54) is 16.7 Å². The Bertz CT molecular complexity index is 1200. The van der Waals surface area contributed by atoms with Gasteiger partial charge in [0.15, 0.2) is 0 Å². The Morgan fingerprint density at radius 3 is 2.66 bits per heavy atom. The Morgan fingerprint density at radius 2 is 1.93 bits per heavy atom. The lowest BCUT2D eigenvalue weighted by molar-refractivity contribution is -0.384. The topological polar surface area (TPSA) is 139 Å². The molecule has 10 heteroatoms. The summed E-state index contributed by atoms with van der Waals surface area (Å²) in [6.45, 7) is 2.61. The minimum absolute atomic E-state index is 0.0423. The number of hydrogen-bond donors (Lipinski definition) is 3. The minimum atomic E-state index is -0.745. The highest BCUT2D eigenvalue weighted by Crippen LogP contribution is 2.22. The van der Waals surface area contributed by atoms with E-state index in [9.17, 15) is 24.5 Å². The van der Waals surface area contributed by atoms with Crippen molar-refractivity contribution in [2.45, 2.75) is 13.5 Å². The predicted octanol–water partition coefficient (Wildman–Crippen LogP) is 1.46. The van der Waals surface area contributed by atoms with Gasteiger partial charge in [0, 0.05) is 31.3 Å². The van der Waals surface area contributed by atoms with Crippen LogP contribution in [0.3, 0.4) is 0 Å². The van der Waals surface area contributed by atoms with E-state index >= 15 is 0 Å². The van der Waals surface area contributed by atoms with Gasteiger partial charge >= 0.3 is 11.1 Å². The van der Waals surface area contributed by atoms with E-state index in [0.29, 0.717) is 28.8 Å². The smallest absolute Gasteiger partial charge is 0.316 e. The van der Waals surface area contributed by atoms with Gasteiger partial charge < -0.3 is 20.2 Å². The Kier molecular flexibility index (Phi) is 5.72. The number of rotatable bonds is 7. The molecule has 29 heavy (non-hydrogen) atoms. The second kappa shape index (κ2) is 8.38. The van der Waals surface area contributed by atoms with Gasteiger partial charge in [0.25, 0.3) is 11.6 Å². The number of nitro groups is 1. The van der Waals surface area contributed by atoms with Crippen LogP contribution in [0.1, 0.15) is 17.3 Å². The number of nitro benzene ring substituents is 1. The van der Waals surface area contributed by atoms with Crippen LogP contribution in [0.4, 0.5) is 11.4 Å². The number of nitrogens with one attached hydrogen (secondary N) is 3. The van der Waals surface area contributed by atoms with E-state index in [1.807, 2.05) is 0 Å². The van der Waals surface area contributed by atoms with E-state index in [-0.39, 0.29) is 24.7 Å². The van der Waals surface area contributed by atoms with Gasteiger partial charge in [-0.2, -0.15) is 0 Å². The van der Waals surface area contributed by atoms with Crippen LogP contribution in [0.2, 0.25) is 0 Å². The van der Waals surface area contributed by atoms with Gasteiger partial charge in [0.05, 0.1) is 16.0 Å². The Hall–Kier alpha value is -3.95. The summed E-state index contributed by atoms with van der Waals surface area (Å²) in [4.78, 5) is 49.0. The molecule has 3 rings (SSSR count). The van der Waals surface area contributed by atoms with Crippen LogP contribution in [0.15, 0.2) is 52.1 Å². The molecule has 0 radical (unpaired) electrons. The van der Waals surface area contributed by atoms with E-state index < -0.39 is 16.0 Å². The number of carbonyl (C=O) groups is 1. The van der Waals surface area contributed by atoms with Gasteiger partial charge in [-0.3, -0.25) is 24.5 Å². The molecule has 0 aliphatic rings. The summed E-state index contributed by atoms with van der Waals surface area (Å²) in [5.74, 6) is -0.369. The van der Waals surface area contributed by atoms with Gasteiger partial charge in [-0.1, -0.05) is 12.1 Å². The molecule has 0 aliphatic heterocycles.